The van der Waals surface area contributed by atoms with E-state index in [0.29, 0.717) is 60.5 Å². The number of nitrogens with zero attached hydrogens (tertiary/aromatic N) is 4. The monoisotopic (exact) mass is 474 g/mol. The largest absolute Gasteiger partial charge is 0.404 e. The van der Waals surface area contributed by atoms with Gasteiger partial charge in [0, 0.05) is 49.6 Å². The van der Waals surface area contributed by atoms with E-state index in [1.807, 2.05) is 6.07 Å². The summed E-state index contributed by atoms with van der Waals surface area (Å²) in [4.78, 5) is 22.4. The molecule has 5 rings (SSSR count). The zero-order valence-electron chi connectivity index (χ0n) is 20.2. The van der Waals surface area contributed by atoms with E-state index in [2.05, 4.69) is 22.4 Å². The van der Waals surface area contributed by atoms with Crippen LogP contribution in [0.25, 0.3) is 5.70 Å². The summed E-state index contributed by atoms with van der Waals surface area (Å²) in [5, 5.41) is 10.0. The van der Waals surface area contributed by atoms with Crippen molar-refractivity contribution in [3.05, 3.63) is 53.4 Å². The maximum absolute atomic E-state index is 13.0. The van der Waals surface area contributed by atoms with Crippen molar-refractivity contribution in [1.82, 2.24) is 9.88 Å². The molecule has 1 aromatic rings. The molecule has 2 aliphatic heterocycles. The van der Waals surface area contributed by atoms with Gasteiger partial charge in [0.15, 0.2) is 0 Å². The molecule has 8 heteroatoms. The Hall–Kier alpha value is -3.31. The molecule has 4 aliphatic rings. The van der Waals surface area contributed by atoms with Gasteiger partial charge in [-0.1, -0.05) is 12.7 Å². The lowest BCUT2D eigenvalue weighted by atomic mass is 10.0. The molecular weight excluding hydrogens is 440 g/mol. The van der Waals surface area contributed by atoms with Crippen LogP contribution in [0, 0.1) is 17.2 Å². The van der Waals surface area contributed by atoms with Crippen LogP contribution in [0.3, 0.4) is 0 Å². The molecule has 1 unspecified atom stereocenters. The van der Waals surface area contributed by atoms with Crippen LogP contribution < -0.4 is 16.4 Å². The molecule has 2 atom stereocenters. The highest BCUT2D eigenvalue weighted by atomic mass is 16.5. The lowest BCUT2D eigenvalue weighted by Gasteiger charge is -2.43. The Morgan fingerprint density at radius 1 is 1.29 bits per heavy atom. The van der Waals surface area contributed by atoms with Gasteiger partial charge in [0.2, 0.25) is 5.91 Å². The van der Waals surface area contributed by atoms with Gasteiger partial charge in [0.25, 0.3) is 0 Å². The predicted octanol–water partition coefficient (Wildman–Crippen LogP) is 2.77. The fraction of sp³-hybridized carbons (Fsp3) is 0.519. The summed E-state index contributed by atoms with van der Waals surface area (Å²) in [5.74, 6) is 1.78. The first kappa shape index (κ1) is 23.4. The molecule has 0 bridgehead atoms. The third-order valence-corrected chi connectivity index (χ3v) is 7.58. The van der Waals surface area contributed by atoms with Crippen LogP contribution >= 0.6 is 0 Å². The van der Waals surface area contributed by atoms with Gasteiger partial charge >= 0.3 is 0 Å². The third kappa shape index (κ3) is 4.92. The molecule has 2 saturated carbocycles. The van der Waals surface area contributed by atoms with Crippen molar-refractivity contribution < 1.29 is 9.53 Å². The number of anilines is 1. The Balaban J connectivity index is 1.42. The molecule has 4 fully saturated rings. The van der Waals surface area contributed by atoms with Crippen molar-refractivity contribution in [2.75, 3.05) is 31.1 Å². The fourth-order valence-electron chi connectivity index (χ4n) is 5.13. The standard InChI is InChI=1S/C27H34N6O2/c1-2-17(14-28)11-23(30)22-12-20(15-29)27(31-26(22)19-5-6-19)32-8-9-33(24(16-32)18-3-4-18)25(34)13-21-7-10-35-21/h2,11-12,14,18-19,21,24H,1,3-10,13,16,28,30H2/b17-14-,23-11-/t21?,24-/m0/s1. The number of ether oxygens (including phenoxy) is 1. The number of aromatic nitrogens is 1. The van der Waals surface area contributed by atoms with Gasteiger partial charge in [0.1, 0.15) is 11.9 Å². The molecular formula is C27H34N6O2. The number of allylic oxidation sites excluding steroid dienone is 3. The Bertz CT molecular complexity index is 1110. The molecule has 184 valence electrons. The topological polar surface area (TPSA) is 122 Å². The van der Waals surface area contributed by atoms with Crippen LogP contribution in [0.4, 0.5) is 5.82 Å². The molecule has 1 amide bonds. The minimum atomic E-state index is 0.0788. The molecule has 0 spiro atoms. The highest BCUT2D eigenvalue weighted by Gasteiger charge is 2.42. The molecule has 4 N–H and O–H groups in total. The molecule has 2 aliphatic carbocycles. The smallest absolute Gasteiger partial charge is 0.225 e. The molecule has 35 heavy (non-hydrogen) atoms. The van der Waals surface area contributed by atoms with E-state index in [0.717, 1.165) is 50.0 Å². The number of carbonyl (C=O) groups excluding carboxylic acids is 1. The van der Waals surface area contributed by atoms with Gasteiger partial charge in [-0.15, -0.1) is 0 Å². The molecule has 0 aromatic carbocycles. The first-order chi connectivity index (χ1) is 17.0. The summed E-state index contributed by atoms with van der Waals surface area (Å²) < 4.78 is 5.50. The number of pyridine rings is 1. The van der Waals surface area contributed by atoms with Crippen LogP contribution in [0.1, 0.15) is 61.3 Å². The van der Waals surface area contributed by atoms with Crippen molar-refractivity contribution in [1.29, 1.82) is 5.26 Å². The Kier molecular flexibility index (Phi) is 6.52. The van der Waals surface area contributed by atoms with Gasteiger partial charge in [-0.3, -0.25) is 4.79 Å². The van der Waals surface area contributed by atoms with Crippen LogP contribution in [-0.2, 0) is 9.53 Å². The van der Waals surface area contributed by atoms with E-state index >= 15 is 0 Å². The van der Waals surface area contributed by atoms with Gasteiger partial charge in [-0.25, -0.2) is 4.98 Å². The average molecular weight is 475 g/mol. The first-order valence-corrected chi connectivity index (χ1v) is 12.6. The summed E-state index contributed by atoms with van der Waals surface area (Å²) in [5.41, 5.74) is 15.6. The van der Waals surface area contributed by atoms with Crippen LogP contribution in [-0.4, -0.2) is 54.2 Å². The quantitative estimate of drug-likeness (QED) is 0.556. The fourth-order valence-corrected chi connectivity index (χ4v) is 5.13. The summed E-state index contributed by atoms with van der Waals surface area (Å²) >= 11 is 0. The summed E-state index contributed by atoms with van der Waals surface area (Å²) in [6.45, 7) is 6.54. The lowest BCUT2D eigenvalue weighted by molar-refractivity contribution is -0.142. The zero-order valence-corrected chi connectivity index (χ0v) is 20.2. The minimum Gasteiger partial charge on any atom is -0.404 e. The molecule has 0 radical (unpaired) electrons. The number of carbonyl (C=O) groups is 1. The normalized spacial score (nSPS) is 25.1. The van der Waals surface area contributed by atoms with E-state index < -0.39 is 0 Å². The Labute approximate surface area is 206 Å². The van der Waals surface area contributed by atoms with Crippen molar-refractivity contribution in [3.63, 3.8) is 0 Å². The number of nitriles is 1. The van der Waals surface area contributed by atoms with Crippen molar-refractivity contribution in [3.8, 4) is 6.07 Å². The number of amides is 1. The van der Waals surface area contributed by atoms with Crippen LogP contribution in [0.2, 0.25) is 0 Å². The van der Waals surface area contributed by atoms with Crippen molar-refractivity contribution >= 4 is 17.4 Å². The number of piperazine rings is 1. The second-order valence-electron chi connectivity index (χ2n) is 10.1. The summed E-state index contributed by atoms with van der Waals surface area (Å²) in [6.07, 6.45) is 10.8. The average Bonchev–Trinajstić information content (AvgIpc) is 3.76. The number of hydrogen-bond donors (Lipinski definition) is 2. The summed E-state index contributed by atoms with van der Waals surface area (Å²) in [7, 11) is 0. The zero-order chi connectivity index (χ0) is 24.5. The SMILES string of the molecule is C=CC(=C/N)/C=C(\N)c1cc(C#N)c(N2CCN(C(=O)CC3CCO3)[C@H](C3CC3)C2)nc1C1CC1. The van der Waals surface area contributed by atoms with Gasteiger partial charge in [-0.2, -0.15) is 5.26 Å². The van der Waals surface area contributed by atoms with Crippen molar-refractivity contribution in [2.24, 2.45) is 17.4 Å². The second-order valence-corrected chi connectivity index (χ2v) is 10.1. The van der Waals surface area contributed by atoms with Crippen LogP contribution in [0.15, 0.2) is 36.6 Å². The lowest BCUT2D eigenvalue weighted by Crippen LogP contribution is -2.57. The van der Waals surface area contributed by atoms with Gasteiger partial charge < -0.3 is 26.0 Å². The number of hydrogen-bond acceptors (Lipinski definition) is 7. The maximum atomic E-state index is 13.0. The number of nitrogens with two attached hydrogens (primary N) is 2. The first-order valence-electron chi connectivity index (χ1n) is 12.6. The van der Waals surface area contributed by atoms with E-state index in [-0.39, 0.29) is 18.1 Å². The van der Waals surface area contributed by atoms with E-state index in [9.17, 15) is 10.1 Å². The van der Waals surface area contributed by atoms with Crippen molar-refractivity contribution in [2.45, 2.75) is 56.6 Å². The summed E-state index contributed by atoms with van der Waals surface area (Å²) in [6, 6.07) is 4.38. The highest BCUT2D eigenvalue weighted by Crippen LogP contribution is 2.44. The maximum Gasteiger partial charge on any atom is 0.225 e. The van der Waals surface area contributed by atoms with E-state index in [1.54, 1.807) is 12.2 Å². The second kappa shape index (κ2) is 9.74. The predicted molar refractivity (Wildman–Crippen MR) is 135 cm³/mol. The molecule has 2 saturated heterocycles. The van der Waals surface area contributed by atoms with Crippen LogP contribution in [0.5, 0.6) is 0 Å². The number of rotatable bonds is 8. The van der Waals surface area contributed by atoms with Gasteiger partial charge in [0.05, 0.1) is 29.8 Å². The Morgan fingerprint density at radius 3 is 2.63 bits per heavy atom. The Morgan fingerprint density at radius 2 is 2.06 bits per heavy atom. The minimum absolute atomic E-state index is 0.0788. The van der Waals surface area contributed by atoms with E-state index in [4.69, 9.17) is 21.2 Å². The molecule has 1 aromatic heterocycles. The molecule has 3 heterocycles. The highest BCUT2D eigenvalue weighted by molar-refractivity contribution is 5.78. The third-order valence-electron chi connectivity index (χ3n) is 7.58. The van der Waals surface area contributed by atoms with Gasteiger partial charge in [-0.05, 0) is 55.7 Å². The molecule has 8 nitrogen and oxygen atoms in total. The van der Waals surface area contributed by atoms with E-state index in [1.165, 1.54) is 6.20 Å².